The van der Waals surface area contributed by atoms with Crippen LogP contribution >= 0.6 is 0 Å². The Morgan fingerprint density at radius 2 is 1.86 bits per heavy atom. The van der Waals surface area contributed by atoms with Gasteiger partial charge in [-0.2, -0.15) is 0 Å². The molecule has 0 aliphatic rings. The van der Waals surface area contributed by atoms with Crippen molar-refractivity contribution in [1.29, 1.82) is 0 Å². The molecule has 0 bridgehead atoms. The summed E-state index contributed by atoms with van der Waals surface area (Å²) in [5.41, 5.74) is 0.764. The van der Waals surface area contributed by atoms with Crippen LogP contribution in [-0.4, -0.2) is 17.3 Å². The summed E-state index contributed by atoms with van der Waals surface area (Å²) in [6.07, 6.45) is 0. The Kier molecular flexibility index (Phi) is 4.00. The predicted molar refractivity (Wildman–Crippen MR) is 77.0 cm³/mol. The van der Waals surface area contributed by atoms with E-state index in [1.165, 1.54) is 24.3 Å². The predicted octanol–water partition coefficient (Wildman–Crippen LogP) is 3.46. The Morgan fingerprint density at radius 3 is 2.64 bits per heavy atom. The van der Waals surface area contributed by atoms with Gasteiger partial charge in [0.25, 0.3) is 5.89 Å². The number of hydrogen-bond donors (Lipinski definition) is 0. The van der Waals surface area contributed by atoms with E-state index >= 15 is 0 Å². The summed E-state index contributed by atoms with van der Waals surface area (Å²) in [5.74, 6) is 1.64. The normalized spacial score (nSPS) is 10.5. The lowest BCUT2D eigenvalue weighted by molar-refractivity contribution is 0.264. The van der Waals surface area contributed by atoms with E-state index < -0.39 is 0 Å². The van der Waals surface area contributed by atoms with Gasteiger partial charge in [0.1, 0.15) is 17.3 Å². The second-order valence-corrected chi connectivity index (χ2v) is 4.48. The average molecular weight is 300 g/mol. The van der Waals surface area contributed by atoms with Crippen LogP contribution in [0.25, 0.3) is 11.5 Å². The minimum absolute atomic E-state index is 0.114. The lowest BCUT2D eigenvalue weighted by Gasteiger charge is -2.02. The van der Waals surface area contributed by atoms with Crippen LogP contribution in [0.15, 0.2) is 52.9 Å². The number of aromatic nitrogens is 2. The summed E-state index contributed by atoms with van der Waals surface area (Å²) in [6.45, 7) is 0.114. The highest BCUT2D eigenvalue weighted by molar-refractivity contribution is 5.55. The Hall–Kier alpha value is -2.89. The summed E-state index contributed by atoms with van der Waals surface area (Å²) >= 11 is 0. The van der Waals surface area contributed by atoms with Gasteiger partial charge in [-0.25, -0.2) is 4.39 Å². The Bertz CT molecular complexity index is 756. The van der Waals surface area contributed by atoms with Crippen LogP contribution < -0.4 is 9.47 Å². The fourth-order valence-electron chi connectivity index (χ4n) is 1.86. The van der Waals surface area contributed by atoms with E-state index in [1.54, 1.807) is 13.2 Å². The van der Waals surface area contributed by atoms with Gasteiger partial charge in [0.2, 0.25) is 5.89 Å². The van der Waals surface area contributed by atoms with Crippen molar-refractivity contribution in [2.24, 2.45) is 0 Å². The summed E-state index contributed by atoms with van der Waals surface area (Å²) < 4.78 is 28.9. The zero-order valence-electron chi connectivity index (χ0n) is 11.8. The van der Waals surface area contributed by atoms with E-state index in [9.17, 15) is 4.39 Å². The molecule has 0 aliphatic heterocycles. The first-order chi connectivity index (χ1) is 10.7. The molecule has 0 spiro atoms. The number of ether oxygens (including phenoxy) is 2. The maximum absolute atomic E-state index is 12.8. The molecule has 1 heterocycles. The molecule has 0 N–H and O–H groups in total. The van der Waals surface area contributed by atoms with E-state index in [0.29, 0.717) is 23.3 Å². The molecule has 0 unspecified atom stereocenters. The van der Waals surface area contributed by atoms with Gasteiger partial charge in [-0.05, 0) is 42.5 Å². The first kappa shape index (κ1) is 14.1. The monoisotopic (exact) mass is 300 g/mol. The molecule has 3 rings (SSSR count). The van der Waals surface area contributed by atoms with Gasteiger partial charge in [-0.15, -0.1) is 10.2 Å². The van der Waals surface area contributed by atoms with Crippen LogP contribution in [0.5, 0.6) is 11.5 Å². The maximum Gasteiger partial charge on any atom is 0.254 e. The van der Waals surface area contributed by atoms with Gasteiger partial charge >= 0.3 is 0 Å². The quantitative estimate of drug-likeness (QED) is 0.722. The van der Waals surface area contributed by atoms with Crippen molar-refractivity contribution in [1.82, 2.24) is 10.2 Å². The van der Waals surface area contributed by atoms with Crippen LogP contribution in [0.1, 0.15) is 5.89 Å². The summed E-state index contributed by atoms with van der Waals surface area (Å²) in [6, 6.07) is 13.0. The van der Waals surface area contributed by atoms with Gasteiger partial charge in [0, 0.05) is 5.56 Å². The van der Waals surface area contributed by atoms with Crippen molar-refractivity contribution < 1.29 is 18.3 Å². The number of methoxy groups -OCH3 is 1. The molecule has 112 valence electrons. The van der Waals surface area contributed by atoms with Crippen LogP contribution in [0, 0.1) is 5.82 Å². The molecule has 3 aromatic rings. The minimum atomic E-state index is -0.314. The zero-order valence-corrected chi connectivity index (χ0v) is 11.8. The van der Waals surface area contributed by atoms with Crippen LogP contribution in [0.3, 0.4) is 0 Å². The highest BCUT2D eigenvalue weighted by atomic mass is 19.1. The molecular formula is C16H13FN2O3. The fourth-order valence-corrected chi connectivity index (χ4v) is 1.86. The molecule has 0 atom stereocenters. The van der Waals surface area contributed by atoms with Gasteiger partial charge in [0.05, 0.1) is 7.11 Å². The second kappa shape index (κ2) is 6.26. The molecule has 0 saturated carbocycles. The van der Waals surface area contributed by atoms with Crippen LogP contribution in [0.2, 0.25) is 0 Å². The molecule has 0 radical (unpaired) electrons. The molecule has 1 aromatic heterocycles. The van der Waals surface area contributed by atoms with Gasteiger partial charge in [-0.3, -0.25) is 0 Å². The Balaban J connectivity index is 1.69. The van der Waals surface area contributed by atoms with Crippen molar-refractivity contribution in [2.45, 2.75) is 6.61 Å². The lowest BCUT2D eigenvalue weighted by Crippen LogP contribution is -1.95. The molecule has 22 heavy (non-hydrogen) atoms. The molecule has 2 aromatic carbocycles. The number of rotatable bonds is 5. The number of hydrogen-bond acceptors (Lipinski definition) is 5. The highest BCUT2D eigenvalue weighted by Crippen LogP contribution is 2.23. The largest absolute Gasteiger partial charge is 0.497 e. The van der Waals surface area contributed by atoms with Crippen molar-refractivity contribution in [3.8, 4) is 23.0 Å². The number of halogens is 1. The molecule has 0 aliphatic carbocycles. The molecule has 6 heteroatoms. The summed E-state index contributed by atoms with van der Waals surface area (Å²) in [4.78, 5) is 0. The molecule has 0 saturated heterocycles. The standard InChI is InChI=1S/C16H13FN2O3/c1-20-14-4-2-3-11(9-14)16-19-18-15(22-16)10-21-13-7-5-12(17)6-8-13/h2-9H,10H2,1H3. The molecule has 0 fully saturated rings. The highest BCUT2D eigenvalue weighted by Gasteiger charge is 2.10. The summed E-state index contributed by atoms with van der Waals surface area (Å²) in [7, 11) is 1.59. The molecular weight excluding hydrogens is 287 g/mol. The topological polar surface area (TPSA) is 57.4 Å². The SMILES string of the molecule is COc1cccc(-c2nnc(COc3ccc(F)cc3)o2)c1. The number of benzene rings is 2. The van der Waals surface area contributed by atoms with Crippen molar-refractivity contribution in [2.75, 3.05) is 7.11 Å². The first-order valence-corrected chi connectivity index (χ1v) is 6.60. The van der Waals surface area contributed by atoms with Crippen molar-refractivity contribution >= 4 is 0 Å². The van der Waals surface area contributed by atoms with Gasteiger partial charge in [0.15, 0.2) is 6.61 Å². The average Bonchev–Trinajstić information content (AvgIpc) is 3.03. The van der Waals surface area contributed by atoms with E-state index in [2.05, 4.69) is 10.2 Å². The Morgan fingerprint density at radius 1 is 1.05 bits per heavy atom. The second-order valence-electron chi connectivity index (χ2n) is 4.48. The van der Waals surface area contributed by atoms with Gasteiger partial charge in [-0.1, -0.05) is 6.07 Å². The lowest BCUT2D eigenvalue weighted by atomic mass is 10.2. The third-order valence-corrected chi connectivity index (χ3v) is 2.96. The van der Waals surface area contributed by atoms with E-state index in [0.717, 1.165) is 5.56 Å². The van der Waals surface area contributed by atoms with Crippen LogP contribution in [0.4, 0.5) is 4.39 Å². The maximum atomic E-state index is 12.8. The summed E-state index contributed by atoms with van der Waals surface area (Å²) in [5, 5.41) is 7.90. The number of nitrogens with zero attached hydrogens (tertiary/aromatic N) is 2. The smallest absolute Gasteiger partial charge is 0.254 e. The molecule has 5 nitrogen and oxygen atoms in total. The third-order valence-electron chi connectivity index (χ3n) is 2.96. The first-order valence-electron chi connectivity index (χ1n) is 6.60. The van der Waals surface area contributed by atoms with Crippen molar-refractivity contribution in [3.63, 3.8) is 0 Å². The minimum Gasteiger partial charge on any atom is -0.497 e. The van der Waals surface area contributed by atoms with Gasteiger partial charge < -0.3 is 13.9 Å². The molecule has 0 amide bonds. The third kappa shape index (κ3) is 3.22. The zero-order chi connectivity index (χ0) is 15.4. The van der Waals surface area contributed by atoms with Crippen LogP contribution in [-0.2, 0) is 6.61 Å². The van der Waals surface area contributed by atoms with Crippen molar-refractivity contribution in [3.05, 3.63) is 60.2 Å². The fraction of sp³-hybridized carbons (Fsp3) is 0.125. The Labute approximate surface area is 126 Å². The van der Waals surface area contributed by atoms with E-state index in [1.807, 2.05) is 18.2 Å². The van der Waals surface area contributed by atoms with E-state index in [-0.39, 0.29) is 12.4 Å². The van der Waals surface area contributed by atoms with E-state index in [4.69, 9.17) is 13.9 Å².